The number of nitrogens with zero attached hydrogens (tertiary/aromatic N) is 1. The molecule has 0 saturated carbocycles. The fourth-order valence-electron chi connectivity index (χ4n) is 2.84. The number of aryl methyl sites for hydroxylation is 2. The van der Waals surface area contributed by atoms with Crippen LogP contribution in [-0.4, -0.2) is 34.7 Å². The minimum Gasteiger partial charge on any atom is -0.444 e. The SMILES string of the molecule is Cc1ccc(-c2cnc(CCC(=O)NC(C)(CNC(=O)OC(C)(C)C)C(C)C)o2)cc1. The van der Waals surface area contributed by atoms with Gasteiger partial charge in [0.1, 0.15) is 5.60 Å². The topological polar surface area (TPSA) is 93.5 Å². The Morgan fingerprint density at radius 1 is 1.13 bits per heavy atom. The first kappa shape index (κ1) is 24.4. The van der Waals surface area contributed by atoms with Crippen molar-refractivity contribution in [3.63, 3.8) is 0 Å². The molecule has 0 aliphatic heterocycles. The lowest BCUT2D eigenvalue weighted by Gasteiger charge is -2.35. The lowest BCUT2D eigenvalue weighted by Crippen LogP contribution is -2.57. The average Bonchev–Trinajstić information content (AvgIpc) is 3.13. The van der Waals surface area contributed by atoms with E-state index in [4.69, 9.17) is 9.15 Å². The molecule has 0 spiro atoms. The van der Waals surface area contributed by atoms with Crippen LogP contribution in [0.1, 0.15) is 59.4 Å². The van der Waals surface area contributed by atoms with Crippen LogP contribution in [0.3, 0.4) is 0 Å². The van der Waals surface area contributed by atoms with E-state index in [1.54, 1.807) is 6.20 Å². The standard InChI is InChI=1S/C24H35N3O4/c1-16(2)24(7,15-26-22(29)31-23(4,5)6)27-20(28)12-13-21-25-14-19(30-21)18-10-8-17(3)9-11-18/h8-11,14,16H,12-13,15H2,1-7H3,(H,26,29)(H,27,28). The summed E-state index contributed by atoms with van der Waals surface area (Å²) in [6.45, 7) is 13.6. The van der Waals surface area contributed by atoms with Gasteiger partial charge in [-0.3, -0.25) is 4.79 Å². The minimum atomic E-state index is -0.613. The second-order valence-corrected chi connectivity index (χ2v) is 9.46. The summed E-state index contributed by atoms with van der Waals surface area (Å²) >= 11 is 0. The molecule has 0 radical (unpaired) electrons. The van der Waals surface area contributed by atoms with Crippen LogP contribution in [0.5, 0.6) is 0 Å². The predicted molar refractivity (Wildman–Crippen MR) is 121 cm³/mol. The van der Waals surface area contributed by atoms with Gasteiger partial charge in [0, 0.05) is 24.9 Å². The molecule has 7 nitrogen and oxygen atoms in total. The number of benzene rings is 1. The minimum absolute atomic E-state index is 0.0984. The third kappa shape index (κ3) is 7.74. The maximum Gasteiger partial charge on any atom is 0.407 e. The monoisotopic (exact) mass is 429 g/mol. The maximum atomic E-state index is 12.6. The lowest BCUT2D eigenvalue weighted by atomic mass is 9.88. The Bertz CT molecular complexity index is 881. The summed E-state index contributed by atoms with van der Waals surface area (Å²) in [5, 5.41) is 5.81. The maximum absolute atomic E-state index is 12.6. The van der Waals surface area contributed by atoms with Gasteiger partial charge in [-0.25, -0.2) is 9.78 Å². The van der Waals surface area contributed by atoms with E-state index in [9.17, 15) is 9.59 Å². The van der Waals surface area contributed by atoms with Crippen molar-refractivity contribution in [2.75, 3.05) is 6.54 Å². The van der Waals surface area contributed by atoms with Gasteiger partial charge in [-0.1, -0.05) is 43.7 Å². The van der Waals surface area contributed by atoms with Gasteiger partial charge in [0.15, 0.2) is 11.7 Å². The van der Waals surface area contributed by atoms with Crippen LogP contribution < -0.4 is 10.6 Å². The number of carbonyl (C=O) groups excluding carboxylic acids is 2. The van der Waals surface area contributed by atoms with E-state index in [0.29, 0.717) is 18.1 Å². The van der Waals surface area contributed by atoms with Crippen LogP contribution in [0.15, 0.2) is 34.9 Å². The molecular formula is C24H35N3O4. The van der Waals surface area contributed by atoms with Crippen molar-refractivity contribution in [3.8, 4) is 11.3 Å². The molecule has 1 heterocycles. The van der Waals surface area contributed by atoms with Gasteiger partial charge in [-0.15, -0.1) is 0 Å². The fraction of sp³-hybridized carbons (Fsp3) is 0.542. The van der Waals surface area contributed by atoms with Crippen molar-refractivity contribution in [1.82, 2.24) is 15.6 Å². The molecule has 0 bridgehead atoms. The molecule has 0 aliphatic carbocycles. The Morgan fingerprint density at radius 3 is 2.35 bits per heavy atom. The van der Waals surface area contributed by atoms with E-state index in [2.05, 4.69) is 15.6 Å². The fourth-order valence-corrected chi connectivity index (χ4v) is 2.84. The molecule has 2 N–H and O–H groups in total. The van der Waals surface area contributed by atoms with Gasteiger partial charge < -0.3 is 19.8 Å². The molecule has 0 aliphatic rings. The summed E-state index contributed by atoms with van der Waals surface area (Å²) in [5.74, 6) is 1.17. The van der Waals surface area contributed by atoms with E-state index in [1.807, 2.05) is 72.7 Å². The summed E-state index contributed by atoms with van der Waals surface area (Å²) in [7, 11) is 0. The number of carbonyl (C=O) groups is 2. The molecule has 1 unspecified atom stereocenters. The molecule has 2 aromatic rings. The van der Waals surface area contributed by atoms with Gasteiger partial charge in [0.25, 0.3) is 0 Å². The highest BCUT2D eigenvalue weighted by Gasteiger charge is 2.31. The Labute approximate surface area is 185 Å². The predicted octanol–water partition coefficient (Wildman–Crippen LogP) is 4.64. The second-order valence-electron chi connectivity index (χ2n) is 9.46. The molecule has 2 amide bonds. The molecule has 170 valence electrons. The van der Waals surface area contributed by atoms with Crippen LogP contribution in [0.4, 0.5) is 4.79 Å². The first-order chi connectivity index (χ1) is 14.4. The number of hydrogen-bond donors (Lipinski definition) is 2. The number of alkyl carbamates (subject to hydrolysis) is 1. The number of ether oxygens (including phenoxy) is 1. The quantitative estimate of drug-likeness (QED) is 0.638. The van der Waals surface area contributed by atoms with Gasteiger partial charge in [-0.2, -0.15) is 0 Å². The zero-order chi connectivity index (χ0) is 23.2. The summed E-state index contributed by atoms with van der Waals surface area (Å²) in [5.41, 5.74) is 0.941. The molecule has 7 heteroatoms. The lowest BCUT2D eigenvalue weighted by molar-refractivity contribution is -0.123. The smallest absolute Gasteiger partial charge is 0.407 e. The highest BCUT2D eigenvalue weighted by atomic mass is 16.6. The molecule has 0 fully saturated rings. The summed E-state index contributed by atoms with van der Waals surface area (Å²) < 4.78 is 11.1. The molecule has 2 rings (SSSR count). The van der Waals surface area contributed by atoms with Crippen molar-refractivity contribution >= 4 is 12.0 Å². The van der Waals surface area contributed by atoms with Crippen LogP contribution in [0.2, 0.25) is 0 Å². The number of amides is 2. The van der Waals surface area contributed by atoms with Gasteiger partial charge in [-0.05, 0) is 40.5 Å². The third-order valence-electron chi connectivity index (χ3n) is 5.15. The number of oxazole rings is 1. The van der Waals surface area contributed by atoms with Crippen LogP contribution >= 0.6 is 0 Å². The second kappa shape index (κ2) is 9.98. The number of aromatic nitrogens is 1. The van der Waals surface area contributed by atoms with Crippen LogP contribution in [0.25, 0.3) is 11.3 Å². The normalized spacial score (nSPS) is 13.5. The molecule has 31 heavy (non-hydrogen) atoms. The average molecular weight is 430 g/mol. The Kier molecular flexibility index (Phi) is 7.87. The molecule has 0 saturated heterocycles. The van der Waals surface area contributed by atoms with Crippen molar-refractivity contribution in [3.05, 3.63) is 41.9 Å². The molecule has 1 aromatic carbocycles. The van der Waals surface area contributed by atoms with E-state index >= 15 is 0 Å². The first-order valence-corrected chi connectivity index (χ1v) is 10.7. The van der Waals surface area contributed by atoms with Gasteiger partial charge >= 0.3 is 6.09 Å². The molecule has 1 aromatic heterocycles. The summed E-state index contributed by atoms with van der Waals surface area (Å²) in [6, 6.07) is 8.00. The molecular weight excluding hydrogens is 394 g/mol. The van der Waals surface area contributed by atoms with Gasteiger partial charge in [0.2, 0.25) is 5.91 Å². The van der Waals surface area contributed by atoms with E-state index in [1.165, 1.54) is 5.56 Å². The van der Waals surface area contributed by atoms with Crippen molar-refractivity contribution in [1.29, 1.82) is 0 Å². The molecule has 1 atom stereocenters. The number of hydrogen-bond acceptors (Lipinski definition) is 5. The van der Waals surface area contributed by atoms with E-state index < -0.39 is 17.2 Å². The van der Waals surface area contributed by atoms with Crippen LogP contribution in [-0.2, 0) is 16.0 Å². The Balaban J connectivity index is 1.90. The summed E-state index contributed by atoms with van der Waals surface area (Å²) in [4.78, 5) is 28.9. The summed E-state index contributed by atoms with van der Waals surface area (Å²) in [6.07, 6.45) is 1.81. The number of nitrogens with one attached hydrogen (secondary N) is 2. The van der Waals surface area contributed by atoms with Gasteiger partial charge in [0.05, 0.1) is 11.7 Å². The third-order valence-corrected chi connectivity index (χ3v) is 5.15. The Morgan fingerprint density at radius 2 is 1.77 bits per heavy atom. The van der Waals surface area contributed by atoms with Crippen LogP contribution in [0, 0.1) is 12.8 Å². The zero-order valence-electron chi connectivity index (χ0n) is 19.7. The van der Waals surface area contributed by atoms with E-state index in [0.717, 1.165) is 5.56 Å². The highest BCUT2D eigenvalue weighted by molar-refractivity contribution is 5.77. The number of rotatable bonds is 8. The first-order valence-electron chi connectivity index (χ1n) is 10.7. The zero-order valence-corrected chi connectivity index (χ0v) is 19.7. The largest absolute Gasteiger partial charge is 0.444 e. The van der Waals surface area contributed by atoms with E-state index in [-0.39, 0.29) is 24.8 Å². The van der Waals surface area contributed by atoms with Crippen molar-refractivity contribution in [2.45, 2.75) is 72.4 Å². The van der Waals surface area contributed by atoms with Crippen molar-refractivity contribution < 1.29 is 18.7 Å². The van der Waals surface area contributed by atoms with Crippen molar-refractivity contribution in [2.24, 2.45) is 5.92 Å². The highest BCUT2D eigenvalue weighted by Crippen LogP contribution is 2.22. The Hall–Kier alpha value is -2.83.